The molecule has 0 aromatic heterocycles. The maximum Gasteiger partial charge on any atom is 0.410 e. The predicted molar refractivity (Wildman–Crippen MR) is 61.1 cm³/mol. The van der Waals surface area contributed by atoms with Crippen LogP contribution in [0.3, 0.4) is 0 Å². The first kappa shape index (κ1) is 13.3. The fourth-order valence-corrected chi connectivity index (χ4v) is 2.34. The minimum absolute atomic E-state index is 0.258. The van der Waals surface area contributed by atoms with Gasteiger partial charge in [-0.3, -0.25) is 0 Å². The molecule has 94 valence electrons. The summed E-state index contributed by atoms with van der Waals surface area (Å²) in [5.41, 5.74) is -0.538. The molecule has 16 heavy (non-hydrogen) atoms. The second-order valence-electron chi connectivity index (χ2n) is 5.01. The van der Waals surface area contributed by atoms with Crippen LogP contribution in [0.4, 0.5) is 4.79 Å². The number of piperidine rings is 1. The van der Waals surface area contributed by atoms with Gasteiger partial charge in [0.25, 0.3) is 0 Å². The number of hydrogen-bond donors (Lipinski definition) is 1. The molecule has 0 aromatic rings. The topological polar surface area (TPSA) is 63.7 Å². The Balaban J connectivity index is 2.57. The summed E-state index contributed by atoms with van der Waals surface area (Å²) in [6.07, 6.45) is 0.930. The summed E-state index contributed by atoms with van der Waals surface area (Å²) in [6.45, 7) is 6.21. The summed E-state index contributed by atoms with van der Waals surface area (Å²) in [7, 11) is -2.45. The largest absolute Gasteiger partial charge is 0.444 e. The van der Waals surface area contributed by atoms with E-state index >= 15 is 0 Å². The van der Waals surface area contributed by atoms with Gasteiger partial charge < -0.3 is 9.64 Å². The fraction of sp³-hybridized carbons (Fsp3) is 0.900. The van der Waals surface area contributed by atoms with Gasteiger partial charge in [-0.15, -0.1) is 0 Å². The van der Waals surface area contributed by atoms with E-state index in [9.17, 15) is 13.2 Å². The Labute approximate surface area is 97.7 Å². The van der Waals surface area contributed by atoms with Crippen LogP contribution < -0.4 is 0 Å². The number of carbonyl (C=O) groups excluding carboxylic acids is 1. The van der Waals surface area contributed by atoms with Crippen LogP contribution in [-0.4, -0.2) is 43.4 Å². The number of ether oxygens (including phenoxy) is 1. The Morgan fingerprint density at radius 3 is 2.50 bits per heavy atom. The first-order chi connectivity index (χ1) is 7.29. The maximum absolute atomic E-state index is 11.7. The van der Waals surface area contributed by atoms with E-state index in [-0.39, 0.29) is 6.54 Å². The third-order valence-electron chi connectivity index (χ3n) is 2.35. The van der Waals surface area contributed by atoms with Crippen molar-refractivity contribution in [2.24, 2.45) is 0 Å². The quantitative estimate of drug-likeness (QED) is 0.704. The van der Waals surface area contributed by atoms with Crippen molar-refractivity contribution >= 4 is 16.8 Å². The number of nitrogens with zero attached hydrogens (tertiary/aromatic N) is 1. The molecule has 1 rings (SSSR count). The summed E-state index contributed by atoms with van der Waals surface area (Å²) in [5.74, 6) is 0. The summed E-state index contributed by atoms with van der Waals surface area (Å²) < 4.78 is 26.9. The number of hydrogen-bond acceptors (Lipinski definition) is 4. The highest BCUT2D eigenvalue weighted by Crippen LogP contribution is 2.16. The number of rotatable bonds is 1. The zero-order chi connectivity index (χ0) is 12.3. The molecule has 0 aromatic carbocycles. The highest BCUT2D eigenvalue weighted by molar-refractivity contribution is 7.73. The van der Waals surface area contributed by atoms with Crippen molar-refractivity contribution in [2.75, 3.05) is 13.1 Å². The van der Waals surface area contributed by atoms with Crippen LogP contribution in [0.1, 0.15) is 33.6 Å². The zero-order valence-corrected chi connectivity index (χ0v) is 10.8. The monoisotopic (exact) mass is 249 g/mol. The van der Waals surface area contributed by atoms with Gasteiger partial charge in [-0.1, -0.05) is 0 Å². The third kappa shape index (κ3) is 4.00. The number of likely N-dealkylation sites (tertiary alicyclic amines) is 1. The molecule has 1 fully saturated rings. The molecule has 0 saturated carbocycles. The maximum atomic E-state index is 11.7. The summed E-state index contributed by atoms with van der Waals surface area (Å²) in [6, 6.07) is 0. The molecule has 0 spiro atoms. The van der Waals surface area contributed by atoms with Crippen molar-refractivity contribution in [1.82, 2.24) is 4.90 Å². The molecule has 0 radical (unpaired) electrons. The lowest BCUT2D eigenvalue weighted by Gasteiger charge is -2.32. The Morgan fingerprint density at radius 1 is 1.38 bits per heavy atom. The molecular weight excluding hydrogens is 230 g/mol. The molecule has 5 nitrogen and oxygen atoms in total. The van der Waals surface area contributed by atoms with Gasteiger partial charge in [-0.05, 0) is 33.6 Å². The molecular formula is C10H19NO4S. The number of carbonyl (C=O) groups is 1. The van der Waals surface area contributed by atoms with Crippen molar-refractivity contribution in [3.63, 3.8) is 0 Å². The Kier molecular flexibility index (Phi) is 4.18. The lowest BCUT2D eigenvalue weighted by atomic mass is 10.1. The molecule has 0 N–H and O–H groups in total. The van der Waals surface area contributed by atoms with Gasteiger partial charge in [0.1, 0.15) is 16.3 Å². The summed E-state index contributed by atoms with van der Waals surface area (Å²) in [4.78, 5) is 13.2. The van der Waals surface area contributed by atoms with Crippen molar-refractivity contribution in [3.05, 3.63) is 0 Å². The van der Waals surface area contributed by atoms with Crippen LogP contribution >= 0.6 is 0 Å². The van der Waals surface area contributed by atoms with Crippen molar-refractivity contribution in [2.45, 2.75) is 44.5 Å². The smallest absolute Gasteiger partial charge is 0.410 e. The van der Waals surface area contributed by atoms with Crippen molar-refractivity contribution in [1.29, 1.82) is 0 Å². The second kappa shape index (κ2) is 5.03. The highest BCUT2D eigenvalue weighted by Gasteiger charge is 2.28. The van der Waals surface area contributed by atoms with E-state index < -0.39 is 27.6 Å². The molecule has 1 amide bonds. The molecule has 1 aliphatic rings. The van der Waals surface area contributed by atoms with Crippen LogP contribution in [0.5, 0.6) is 0 Å². The van der Waals surface area contributed by atoms with Crippen LogP contribution in [0.15, 0.2) is 0 Å². The van der Waals surface area contributed by atoms with E-state index in [0.29, 0.717) is 19.4 Å². The third-order valence-corrected chi connectivity index (χ3v) is 3.36. The SMILES string of the molecule is CC(C)(C)OC(=O)N1CCC[C@@H]([SH](=O)=O)C1. The predicted octanol–water partition coefficient (Wildman–Crippen LogP) is 0.997. The fourth-order valence-electron chi connectivity index (χ4n) is 1.62. The number of thiol groups is 1. The van der Waals surface area contributed by atoms with Crippen LogP contribution in [-0.2, 0) is 15.4 Å². The van der Waals surface area contributed by atoms with Gasteiger partial charge in [0.2, 0.25) is 0 Å². The summed E-state index contributed by atoms with van der Waals surface area (Å²) in [5, 5.41) is -0.420. The number of amides is 1. The van der Waals surface area contributed by atoms with E-state index in [2.05, 4.69) is 0 Å². The Bertz CT molecular complexity index is 324. The molecule has 6 heteroatoms. The Morgan fingerprint density at radius 2 is 2.00 bits per heavy atom. The second-order valence-corrected chi connectivity index (χ2v) is 6.31. The highest BCUT2D eigenvalue weighted by atomic mass is 32.2. The van der Waals surface area contributed by atoms with Crippen molar-refractivity contribution < 1.29 is 17.9 Å². The first-order valence-electron chi connectivity index (χ1n) is 5.41. The lowest BCUT2D eigenvalue weighted by molar-refractivity contribution is 0.0219. The molecule has 0 bridgehead atoms. The van der Waals surface area contributed by atoms with E-state index in [4.69, 9.17) is 4.74 Å². The average molecular weight is 249 g/mol. The van der Waals surface area contributed by atoms with Gasteiger partial charge in [-0.2, -0.15) is 0 Å². The zero-order valence-electron chi connectivity index (χ0n) is 9.93. The van der Waals surface area contributed by atoms with E-state index in [1.807, 2.05) is 0 Å². The average Bonchev–Trinajstić information content (AvgIpc) is 2.15. The lowest BCUT2D eigenvalue weighted by Crippen LogP contribution is -2.45. The van der Waals surface area contributed by atoms with E-state index in [1.54, 1.807) is 20.8 Å². The standard InChI is InChI=1S/C10H19NO4S/c1-10(2,3)15-9(12)11-6-4-5-8(7-11)16(13)14/h8,16H,4-7H2,1-3H3/t8-/m1/s1. The normalized spacial score (nSPS) is 22.2. The van der Waals surface area contributed by atoms with Gasteiger partial charge in [0.15, 0.2) is 0 Å². The molecule has 1 saturated heterocycles. The van der Waals surface area contributed by atoms with Gasteiger partial charge in [0.05, 0.1) is 5.25 Å². The van der Waals surface area contributed by atoms with Crippen molar-refractivity contribution in [3.8, 4) is 0 Å². The van der Waals surface area contributed by atoms with Gasteiger partial charge in [-0.25, -0.2) is 13.2 Å². The minimum atomic E-state index is -2.45. The molecule has 0 unspecified atom stereocenters. The van der Waals surface area contributed by atoms with Gasteiger partial charge >= 0.3 is 6.09 Å². The van der Waals surface area contributed by atoms with Crippen LogP contribution in [0.2, 0.25) is 0 Å². The molecule has 0 aliphatic carbocycles. The summed E-state index contributed by atoms with van der Waals surface area (Å²) >= 11 is 0. The minimum Gasteiger partial charge on any atom is -0.444 e. The van der Waals surface area contributed by atoms with Crippen LogP contribution in [0.25, 0.3) is 0 Å². The van der Waals surface area contributed by atoms with Gasteiger partial charge in [0, 0.05) is 13.1 Å². The van der Waals surface area contributed by atoms with E-state index in [1.165, 1.54) is 4.90 Å². The van der Waals surface area contributed by atoms with Crippen LogP contribution in [0, 0.1) is 0 Å². The molecule has 1 atom stereocenters. The Hall–Kier alpha value is -0.780. The molecule has 1 aliphatic heterocycles. The van der Waals surface area contributed by atoms with E-state index in [0.717, 1.165) is 0 Å². The molecule has 1 heterocycles. The first-order valence-corrected chi connectivity index (χ1v) is 6.65.